The highest BCUT2D eigenvalue weighted by atomic mass is 16.7. The molecule has 1 saturated heterocycles. The number of methoxy groups -OCH3 is 1. The van der Waals surface area contributed by atoms with Crippen LogP contribution in [0.15, 0.2) is 0 Å². The second-order valence-corrected chi connectivity index (χ2v) is 3.63. The van der Waals surface area contributed by atoms with Crippen molar-refractivity contribution in [2.75, 3.05) is 13.9 Å². The van der Waals surface area contributed by atoms with Gasteiger partial charge in [0.05, 0.1) is 18.6 Å². The standard InChI is InChI=1S/C10H18O4/c1-8-4-3-5-9(13-7-12-2)6-10(11)14-8/h8-9H,3-7H2,1-2H3/t8-,9+/m0/s1. The van der Waals surface area contributed by atoms with Crippen molar-refractivity contribution in [3.63, 3.8) is 0 Å². The number of cyclic esters (lactones) is 1. The first kappa shape index (κ1) is 11.5. The molecule has 0 bridgehead atoms. The summed E-state index contributed by atoms with van der Waals surface area (Å²) in [5.74, 6) is -0.168. The molecular weight excluding hydrogens is 184 g/mol. The maximum atomic E-state index is 11.3. The second-order valence-electron chi connectivity index (χ2n) is 3.63. The van der Waals surface area contributed by atoms with Crippen LogP contribution in [0, 0.1) is 0 Å². The highest BCUT2D eigenvalue weighted by Crippen LogP contribution is 2.17. The molecule has 14 heavy (non-hydrogen) atoms. The van der Waals surface area contributed by atoms with E-state index >= 15 is 0 Å². The molecule has 0 aromatic carbocycles. The van der Waals surface area contributed by atoms with E-state index in [1.165, 1.54) is 0 Å². The van der Waals surface area contributed by atoms with Crippen molar-refractivity contribution in [3.05, 3.63) is 0 Å². The van der Waals surface area contributed by atoms with Crippen molar-refractivity contribution in [2.24, 2.45) is 0 Å². The molecule has 0 aromatic heterocycles. The molecule has 0 amide bonds. The number of hydrogen-bond donors (Lipinski definition) is 0. The molecule has 0 aliphatic carbocycles. The van der Waals surface area contributed by atoms with Crippen LogP contribution in [0.3, 0.4) is 0 Å². The van der Waals surface area contributed by atoms with Gasteiger partial charge in [0.25, 0.3) is 0 Å². The Balaban J connectivity index is 2.34. The number of ether oxygens (including phenoxy) is 3. The van der Waals surface area contributed by atoms with E-state index in [9.17, 15) is 4.79 Å². The minimum absolute atomic E-state index is 0.0463. The fourth-order valence-corrected chi connectivity index (χ4v) is 1.56. The van der Waals surface area contributed by atoms with Crippen molar-refractivity contribution in [2.45, 2.75) is 44.8 Å². The molecule has 4 heteroatoms. The van der Waals surface area contributed by atoms with Crippen LogP contribution in [-0.4, -0.2) is 32.1 Å². The molecule has 0 aromatic rings. The molecule has 0 N–H and O–H groups in total. The van der Waals surface area contributed by atoms with E-state index in [0.717, 1.165) is 19.3 Å². The molecule has 1 aliphatic heterocycles. The van der Waals surface area contributed by atoms with Crippen LogP contribution >= 0.6 is 0 Å². The average molecular weight is 202 g/mol. The SMILES string of the molecule is COCO[C@@H]1CCC[C@H](C)OC(=O)C1. The van der Waals surface area contributed by atoms with Gasteiger partial charge >= 0.3 is 5.97 Å². The van der Waals surface area contributed by atoms with Gasteiger partial charge in [0.15, 0.2) is 0 Å². The van der Waals surface area contributed by atoms with Crippen LogP contribution in [0.25, 0.3) is 0 Å². The predicted octanol–water partition coefficient (Wildman–Crippen LogP) is 1.48. The van der Waals surface area contributed by atoms with Gasteiger partial charge in [-0.1, -0.05) is 0 Å². The Morgan fingerprint density at radius 2 is 2.29 bits per heavy atom. The lowest BCUT2D eigenvalue weighted by atomic mass is 10.1. The second kappa shape index (κ2) is 5.98. The zero-order valence-electron chi connectivity index (χ0n) is 8.82. The van der Waals surface area contributed by atoms with E-state index < -0.39 is 0 Å². The number of carbonyl (C=O) groups is 1. The van der Waals surface area contributed by atoms with Gasteiger partial charge in [-0.05, 0) is 26.2 Å². The minimum Gasteiger partial charge on any atom is -0.463 e. The molecular formula is C10H18O4. The first-order valence-corrected chi connectivity index (χ1v) is 5.02. The quantitative estimate of drug-likeness (QED) is 0.513. The van der Waals surface area contributed by atoms with E-state index in [2.05, 4.69) is 0 Å². The Bertz CT molecular complexity index is 181. The van der Waals surface area contributed by atoms with Crippen LogP contribution in [0.2, 0.25) is 0 Å². The lowest BCUT2D eigenvalue weighted by Gasteiger charge is -2.22. The van der Waals surface area contributed by atoms with E-state index in [1.807, 2.05) is 6.92 Å². The van der Waals surface area contributed by atoms with Gasteiger partial charge in [0.2, 0.25) is 0 Å². The average Bonchev–Trinajstić information content (AvgIpc) is 2.10. The molecule has 0 unspecified atom stereocenters. The third-order valence-electron chi connectivity index (χ3n) is 2.29. The van der Waals surface area contributed by atoms with Gasteiger partial charge in [0, 0.05) is 7.11 Å². The molecule has 1 fully saturated rings. The van der Waals surface area contributed by atoms with Crippen molar-refractivity contribution in [1.82, 2.24) is 0 Å². The third kappa shape index (κ3) is 4.07. The summed E-state index contributed by atoms with van der Waals surface area (Å²) in [7, 11) is 1.57. The maximum Gasteiger partial charge on any atom is 0.308 e. The third-order valence-corrected chi connectivity index (χ3v) is 2.29. The van der Waals surface area contributed by atoms with E-state index in [-0.39, 0.29) is 25.0 Å². The van der Waals surface area contributed by atoms with Crippen molar-refractivity contribution in [3.8, 4) is 0 Å². The molecule has 0 saturated carbocycles. The normalized spacial score (nSPS) is 29.1. The van der Waals surface area contributed by atoms with Crippen LogP contribution in [-0.2, 0) is 19.0 Å². The zero-order chi connectivity index (χ0) is 10.4. The Morgan fingerprint density at radius 1 is 1.50 bits per heavy atom. The van der Waals surface area contributed by atoms with Gasteiger partial charge in [0.1, 0.15) is 6.79 Å². The topological polar surface area (TPSA) is 44.8 Å². The lowest BCUT2D eigenvalue weighted by molar-refractivity contribution is -0.157. The van der Waals surface area contributed by atoms with Crippen molar-refractivity contribution >= 4 is 5.97 Å². The summed E-state index contributed by atoms with van der Waals surface area (Å²) in [5, 5.41) is 0. The molecule has 2 atom stereocenters. The lowest BCUT2D eigenvalue weighted by Crippen LogP contribution is -2.26. The van der Waals surface area contributed by atoms with Crippen LogP contribution < -0.4 is 0 Å². The summed E-state index contributed by atoms with van der Waals surface area (Å²) in [6.45, 7) is 2.17. The Morgan fingerprint density at radius 3 is 3.00 bits per heavy atom. The maximum absolute atomic E-state index is 11.3. The highest BCUT2D eigenvalue weighted by Gasteiger charge is 2.20. The number of rotatable bonds is 3. The molecule has 4 nitrogen and oxygen atoms in total. The fraction of sp³-hybridized carbons (Fsp3) is 0.900. The smallest absolute Gasteiger partial charge is 0.308 e. The van der Waals surface area contributed by atoms with Crippen LogP contribution in [0.1, 0.15) is 32.6 Å². The Hall–Kier alpha value is -0.610. The number of carbonyl (C=O) groups excluding carboxylic acids is 1. The van der Waals surface area contributed by atoms with Crippen molar-refractivity contribution in [1.29, 1.82) is 0 Å². The summed E-state index contributed by atoms with van der Waals surface area (Å²) in [5.41, 5.74) is 0. The van der Waals surface area contributed by atoms with Gasteiger partial charge in [-0.15, -0.1) is 0 Å². The van der Waals surface area contributed by atoms with Gasteiger partial charge in [-0.25, -0.2) is 0 Å². The predicted molar refractivity (Wildman–Crippen MR) is 50.8 cm³/mol. The first-order chi connectivity index (χ1) is 6.72. The van der Waals surface area contributed by atoms with Crippen molar-refractivity contribution < 1.29 is 19.0 Å². The first-order valence-electron chi connectivity index (χ1n) is 5.02. The summed E-state index contributed by atoms with van der Waals surface area (Å²) in [4.78, 5) is 11.3. The van der Waals surface area contributed by atoms with Gasteiger partial charge in [-0.3, -0.25) is 4.79 Å². The van der Waals surface area contributed by atoms with E-state index in [4.69, 9.17) is 14.2 Å². The minimum atomic E-state index is -0.168. The van der Waals surface area contributed by atoms with Crippen LogP contribution in [0.5, 0.6) is 0 Å². The van der Waals surface area contributed by atoms with Gasteiger partial charge in [-0.2, -0.15) is 0 Å². The Labute approximate surface area is 84.5 Å². The zero-order valence-corrected chi connectivity index (χ0v) is 8.82. The number of esters is 1. The summed E-state index contributed by atoms with van der Waals surface area (Å²) < 4.78 is 15.3. The molecule has 82 valence electrons. The fourth-order valence-electron chi connectivity index (χ4n) is 1.56. The van der Waals surface area contributed by atoms with E-state index in [1.54, 1.807) is 7.11 Å². The summed E-state index contributed by atoms with van der Waals surface area (Å²) in [6.07, 6.45) is 3.19. The monoisotopic (exact) mass is 202 g/mol. The number of hydrogen-bond acceptors (Lipinski definition) is 4. The molecule has 1 rings (SSSR count). The molecule has 0 radical (unpaired) electrons. The largest absolute Gasteiger partial charge is 0.463 e. The Kier molecular flexibility index (Phi) is 4.90. The van der Waals surface area contributed by atoms with Gasteiger partial charge < -0.3 is 14.2 Å². The summed E-state index contributed by atoms with van der Waals surface area (Å²) >= 11 is 0. The van der Waals surface area contributed by atoms with E-state index in [0.29, 0.717) is 6.42 Å². The molecule has 1 aliphatic rings. The molecule has 0 spiro atoms. The molecule has 1 heterocycles. The van der Waals surface area contributed by atoms with Crippen LogP contribution in [0.4, 0.5) is 0 Å². The summed E-state index contributed by atoms with van der Waals surface area (Å²) in [6, 6.07) is 0. The highest BCUT2D eigenvalue weighted by molar-refractivity contribution is 5.70.